The molecular weight excluding hydrogens is 382 g/mol. The molecule has 2 heterocycles. The number of para-hydroxylation sites is 1. The van der Waals surface area contributed by atoms with Crippen molar-refractivity contribution in [2.45, 2.75) is 45.6 Å². The van der Waals surface area contributed by atoms with E-state index in [4.69, 9.17) is 9.73 Å². The summed E-state index contributed by atoms with van der Waals surface area (Å²) in [5, 5.41) is 3.76. The molecule has 1 saturated heterocycles. The van der Waals surface area contributed by atoms with E-state index in [0.29, 0.717) is 0 Å². The molecule has 0 radical (unpaired) electrons. The third-order valence-corrected chi connectivity index (χ3v) is 7.49. The Hall–Kier alpha value is -2.17. The Labute approximate surface area is 186 Å². The lowest BCUT2D eigenvalue weighted by Gasteiger charge is -2.45. The third-order valence-electron chi connectivity index (χ3n) is 7.49. The van der Waals surface area contributed by atoms with Gasteiger partial charge >= 0.3 is 0 Å². The van der Waals surface area contributed by atoms with E-state index in [1.807, 2.05) is 0 Å². The molecule has 31 heavy (non-hydrogen) atoms. The lowest BCUT2D eigenvalue weighted by molar-refractivity contribution is 0.0250. The molecule has 2 aromatic rings. The third kappa shape index (κ3) is 4.70. The van der Waals surface area contributed by atoms with E-state index < -0.39 is 0 Å². The highest BCUT2D eigenvalue weighted by Gasteiger charge is 2.43. The molecule has 1 N–H and O–H groups in total. The van der Waals surface area contributed by atoms with Gasteiger partial charge in [-0.05, 0) is 62.1 Å². The van der Waals surface area contributed by atoms with Crippen LogP contribution in [-0.4, -0.2) is 43.6 Å². The Bertz CT molecular complexity index is 924. The van der Waals surface area contributed by atoms with Crippen molar-refractivity contribution in [2.75, 3.05) is 38.2 Å². The summed E-state index contributed by atoms with van der Waals surface area (Å²) in [4.78, 5) is 7.79. The standard InChI is InChI=1S/C27H35N3O/c1-21-5-4-6-23(17-21)19-28-26-27(18-24-7-2-3-8-25(24)29-26)11-9-22(10-12-27)20-30-13-15-31-16-14-30/h2-8,17,22H,9-16,18-20H2,1H3,(H,28,29). The zero-order chi connectivity index (χ0) is 21.1. The van der Waals surface area contributed by atoms with Crippen LogP contribution >= 0.6 is 0 Å². The van der Waals surface area contributed by atoms with Crippen LogP contribution in [0.4, 0.5) is 5.69 Å². The van der Waals surface area contributed by atoms with Crippen LogP contribution in [0.2, 0.25) is 0 Å². The Balaban J connectivity index is 1.33. The summed E-state index contributed by atoms with van der Waals surface area (Å²) in [6.45, 7) is 8.13. The van der Waals surface area contributed by atoms with Crippen molar-refractivity contribution in [1.29, 1.82) is 0 Å². The highest BCUT2D eigenvalue weighted by Crippen LogP contribution is 2.46. The minimum atomic E-state index is 0.166. The van der Waals surface area contributed by atoms with E-state index in [0.717, 1.165) is 45.2 Å². The number of benzene rings is 2. The van der Waals surface area contributed by atoms with E-state index in [1.54, 1.807) is 0 Å². The summed E-state index contributed by atoms with van der Waals surface area (Å²) in [5.74, 6) is 2.02. The van der Waals surface area contributed by atoms with Crippen molar-refractivity contribution >= 4 is 11.5 Å². The van der Waals surface area contributed by atoms with Gasteiger partial charge in [0.05, 0.1) is 19.8 Å². The lowest BCUT2D eigenvalue weighted by Crippen LogP contribution is -2.46. The first-order valence-electron chi connectivity index (χ1n) is 12.0. The topological polar surface area (TPSA) is 36.9 Å². The number of nitrogens with one attached hydrogen (secondary N) is 1. The van der Waals surface area contributed by atoms with Crippen molar-refractivity contribution in [3.8, 4) is 0 Å². The molecule has 164 valence electrons. The lowest BCUT2D eigenvalue weighted by atomic mass is 9.65. The van der Waals surface area contributed by atoms with Gasteiger partial charge in [0.25, 0.3) is 0 Å². The summed E-state index contributed by atoms with van der Waals surface area (Å²) in [6, 6.07) is 17.5. The van der Waals surface area contributed by atoms with Crippen molar-refractivity contribution in [3.05, 3.63) is 65.2 Å². The number of rotatable bonds is 4. The normalized spacial score (nSPS) is 27.8. The van der Waals surface area contributed by atoms with Crippen LogP contribution in [0.15, 0.2) is 53.5 Å². The number of nitrogens with zero attached hydrogens (tertiary/aromatic N) is 2. The Morgan fingerprint density at radius 3 is 2.68 bits per heavy atom. The number of hydrogen-bond acceptors (Lipinski definition) is 3. The highest BCUT2D eigenvalue weighted by atomic mass is 16.5. The van der Waals surface area contributed by atoms with Gasteiger partial charge in [-0.1, -0.05) is 48.0 Å². The highest BCUT2D eigenvalue weighted by molar-refractivity contribution is 6.02. The second-order valence-electron chi connectivity index (χ2n) is 9.75. The van der Waals surface area contributed by atoms with Crippen LogP contribution in [0.1, 0.15) is 42.4 Å². The van der Waals surface area contributed by atoms with E-state index in [1.165, 1.54) is 60.4 Å². The first-order valence-corrected chi connectivity index (χ1v) is 12.0. The molecule has 1 saturated carbocycles. The Morgan fingerprint density at radius 2 is 1.87 bits per heavy atom. The number of morpholine rings is 1. The number of anilines is 1. The smallest absolute Gasteiger partial charge is 0.108 e. The van der Waals surface area contributed by atoms with Crippen molar-refractivity contribution in [1.82, 2.24) is 4.90 Å². The number of aryl methyl sites for hydroxylation is 1. The number of hydrogen-bond donors (Lipinski definition) is 1. The minimum absolute atomic E-state index is 0.166. The summed E-state index contributed by atoms with van der Waals surface area (Å²) in [5.41, 5.74) is 5.46. The van der Waals surface area contributed by atoms with Gasteiger partial charge in [0.15, 0.2) is 0 Å². The van der Waals surface area contributed by atoms with Crippen LogP contribution in [0.3, 0.4) is 0 Å². The molecule has 3 aliphatic rings. The molecule has 0 bridgehead atoms. The quantitative estimate of drug-likeness (QED) is 0.755. The first-order chi connectivity index (χ1) is 15.2. The predicted molar refractivity (Wildman–Crippen MR) is 128 cm³/mol. The molecule has 1 spiro atoms. The van der Waals surface area contributed by atoms with Crippen LogP contribution in [0.5, 0.6) is 0 Å². The van der Waals surface area contributed by atoms with E-state index in [2.05, 4.69) is 65.7 Å². The maximum absolute atomic E-state index is 5.53. The Kier molecular flexibility index (Phi) is 6.10. The molecule has 0 aromatic heterocycles. The molecule has 2 aromatic carbocycles. The molecule has 4 heteroatoms. The summed E-state index contributed by atoms with van der Waals surface area (Å²) in [7, 11) is 0. The average Bonchev–Trinajstić information content (AvgIpc) is 2.80. The Morgan fingerprint density at radius 1 is 1.06 bits per heavy atom. The van der Waals surface area contributed by atoms with E-state index in [-0.39, 0.29) is 5.41 Å². The molecular formula is C27H35N3O. The number of amidine groups is 1. The molecule has 4 nitrogen and oxygen atoms in total. The average molecular weight is 418 g/mol. The maximum atomic E-state index is 5.53. The van der Waals surface area contributed by atoms with Gasteiger partial charge in [-0.25, -0.2) is 0 Å². The van der Waals surface area contributed by atoms with Crippen LogP contribution in [0.25, 0.3) is 0 Å². The predicted octanol–water partition coefficient (Wildman–Crippen LogP) is 5.07. The van der Waals surface area contributed by atoms with E-state index in [9.17, 15) is 0 Å². The van der Waals surface area contributed by atoms with Gasteiger partial charge < -0.3 is 10.1 Å². The minimum Gasteiger partial charge on any atom is -0.379 e. The largest absolute Gasteiger partial charge is 0.379 e. The SMILES string of the molecule is Cc1cccc(CN=C2Nc3ccccc3CC23CCC(CN2CCOCC2)CC3)c1. The zero-order valence-electron chi connectivity index (χ0n) is 18.8. The van der Waals surface area contributed by atoms with Gasteiger partial charge in [-0.2, -0.15) is 0 Å². The fourth-order valence-corrected chi connectivity index (χ4v) is 5.67. The molecule has 0 atom stereocenters. The van der Waals surface area contributed by atoms with Crippen molar-refractivity contribution < 1.29 is 4.74 Å². The number of fused-ring (bicyclic) bond motifs is 1. The molecule has 2 fully saturated rings. The summed E-state index contributed by atoms with van der Waals surface area (Å²) in [6.07, 6.45) is 6.18. The van der Waals surface area contributed by atoms with Gasteiger partial charge in [0.1, 0.15) is 5.84 Å². The summed E-state index contributed by atoms with van der Waals surface area (Å²) < 4.78 is 5.53. The van der Waals surface area contributed by atoms with Crippen LogP contribution in [-0.2, 0) is 17.7 Å². The van der Waals surface area contributed by atoms with E-state index >= 15 is 0 Å². The van der Waals surface area contributed by atoms with Crippen LogP contribution in [0, 0.1) is 18.3 Å². The van der Waals surface area contributed by atoms with Gasteiger partial charge in [-0.15, -0.1) is 0 Å². The monoisotopic (exact) mass is 417 g/mol. The molecule has 1 aliphatic carbocycles. The number of aliphatic imine (C=N–C) groups is 1. The van der Waals surface area contributed by atoms with Gasteiger partial charge in [0.2, 0.25) is 0 Å². The van der Waals surface area contributed by atoms with Gasteiger partial charge in [0, 0.05) is 30.7 Å². The van der Waals surface area contributed by atoms with Crippen molar-refractivity contribution in [2.24, 2.45) is 16.3 Å². The molecule has 0 amide bonds. The molecule has 0 unspecified atom stereocenters. The number of ether oxygens (including phenoxy) is 1. The maximum Gasteiger partial charge on any atom is 0.108 e. The second-order valence-corrected chi connectivity index (χ2v) is 9.75. The fraction of sp³-hybridized carbons (Fsp3) is 0.519. The first kappa shape index (κ1) is 20.7. The fourth-order valence-electron chi connectivity index (χ4n) is 5.67. The molecule has 5 rings (SSSR count). The van der Waals surface area contributed by atoms with Crippen LogP contribution < -0.4 is 5.32 Å². The van der Waals surface area contributed by atoms with Gasteiger partial charge in [-0.3, -0.25) is 9.89 Å². The zero-order valence-corrected chi connectivity index (χ0v) is 18.8. The summed E-state index contributed by atoms with van der Waals surface area (Å²) >= 11 is 0. The van der Waals surface area contributed by atoms with Crippen molar-refractivity contribution in [3.63, 3.8) is 0 Å². The molecule has 2 aliphatic heterocycles. The second kappa shape index (κ2) is 9.13.